The Bertz CT molecular complexity index is 521. The van der Waals surface area contributed by atoms with Crippen molar-refractivity contribution in [1.82, 2.24) is 0 Å². The molecular weight excluding hydrogens is 316 g/mol. The van der Waals surface area contributed by atoms with Crippen molar-refractivity contribution in [3.63, 3.8) is 0 Å². The lowest BCUT2D eigenvalue weighted by Crippen LogP contribution is -2.23. The molecule has 0 saturated carbocycles. The van der Waals surface area contributed by atoms with Gasteiger partial charge in [-0.05, 0) is 15.9 Å². The molecule has 0 fully saturated rings. The predicted octanol–water partition coefficient (Wildman–Crippen LogP) is 2.94. The maximum Gasteiger partial charge on any atom is 0.304 e. The van der Waals surface area contributed by atoms with Crippen LogP contribution < -0.4 is 14.2 Å². The number of ether oxygens (including phenoxy) is 3. The van der Waals surface area contributed by atoms with Gasteiger partial charge in [0.05, 0.1) is 18.0 Å². The Morgan fingerprint density at radius 1 is 1.53 bits per heavy atom. The molecule has 104 valence electrons. The van der Waals surface area contributed by atoms with E-state index in [2.05, 4.69) is 15.9 Å². The Morgan fingerprint density at radius 3 is 2.79 bits per heavy atom. The van der Waals surface area contributed by atoms with Crippen LogP contribution in [0.3, 0.4) is 0 Å². The van der Waals surface area contributed by atoms with Gasteiger partial charge in [-0.1, -0.05) is 13.8 Å². The van der Waals surface area contributed by atoms with E-state index in [9.17, 15) is 4.79 Å². The van der Waals surface area contributed by atoms with Crippen molar-refractivity contribution in [1.29, 1.82) is 0 Å². The monoisotopic (exact) mass is 330 g/mol. The second kappa shape index (κ2) is 4.92. The fourth-order valence-electron chi connectivity index (χ4n) is 2.28. The van der Waals surface area contributed by atoms with Gasteiger partial charge in [0, 0.05) is 17.0 Å². The van der Waals surface area contributed by atoms with E-state index >= 15 is 0 Å². The minimum Gasteiger partial charge on any atom is -0.495 e. The first-order chi connectivity index (χ1) is 8.86. The number of carbonyl (C=O) groups is 1. The maximum atomic E-state index is 11.0. The highest BCUT2D eigenvalue weighted by molar-refractivity contribution is 9.10. The predicted molar refractivity (Wildman–Crippen MR) is 72.1 cm³/mol. The maximum absolute atomic E-state index is 11.0. The van der Waals surface area contributed by atoms with Gasteiger partial charge in [0.25, 0.3) is 0 Å². The molecule has 0 aromatic heterocycles. The molecule has 19 heavy (non-hydrogen) atoms. The quantitative estimate of drug-likeness (QED) is 0.919. The summed E-state index contributed by atoms with van der Waals surface area (Å²) in [5, 5.41) is 9.07. The normalized spacial score (nSPS) is 13.5. The summed E-state index contributed by atoms with van der Waals surface area (Å²) < 4.78 is 17.0. The average molecular weight is 331 g/mol. The minimum absolute atomic E-state index is 0.0321. The molecule has 0 spiro atoms. The van der Waals surface area contributed by atoms with E-state index in [4.69, 9.17) is 19.3 Å². The highest BCUT2D eigenvalue weighted by Crippen LogP contribution is 2.51. The second-order valence-electron chi connectivity index (χ2n) is 4.95. The summed E-state index contributed by atoms with van der Waals surface area (Å²) in [6.07, 6.45) is -0.0321. The standard InChI is InChI=1S/C13H15BrO5/c1-13(2,5-9(15)16)10-11(17-3)7(14)4-8-12(10)19-6-18-8/h4H,5-6H2,1-3H3,(H,15,16). The molecule has 0 aliphatic carbocycles. The fraction of sp³-hybridized carbons (Fsp3) is 0.462. The topological polar surface area (TPSA) is 65.0 Å². The van der Waals surface area contributed by atoms with E-state index in [0.29, 0.717) is 27.3 Å². The molecule has 0 amide bonds. The summed E-state index contributed by atoms with van der Waals surface area (Å²) in [5.41, 5.74) is 0.0675. The lowest BCUT2D eigenvalue weighted by atomic mass is 9.80. The number of benzene rings is 1. The van der Waals surface area contributed by atoms with Crippen LogP contribution in [0.1, 0.15) is 25.8 Å². The van der Waals surface area contributed by atoms with Crippen molar-refractivity contribution in [2.45, 2.75) is 25.7 Å². The van der Waals surface area contributed by atoms with Gasteiger partial charge < -0.3 is 19.3 Å². The summed E-state index contributed by atoms with van der Waals surface area (Å²) in [6, 6.07) is 1.77. The summed E-state index contributed by atoms with van der Waals surface area (Å²) >= 11 is 3.41. The number of carboxylic acids is 1. The van der Waals surface area contributed by atoms with Gasteiger partial charge >= 0.3 is 5.97 Å². The van der Waals surface area contributed by atoms with Crippen molar-refractivity contribution in [3.8, 4) is 17.2 Å². The third-order valence-electron chi connectivity index (χ3n) is 3.04. The number of hydrogen-bond donors (Lipinski definition) is 1. The van der Waals surface area contributed by atoms with Crippen molar-refractivity contribution >= 4 is 21.9 Å². The summed E-state index contributed by atoms with van der Waals surface area (Å²) in [6.45, 7) is 3.81. The van der Waals surface area contributed by atoms with Gasteiger partial charge in [0.1, 0.15) is 5.75 Å². The number of halogens is 1. The Hall–Kier alpha value is -1.43. The van der Waals surface area contributed by atoms with Gasteiger partial charge in [-0.15, -0.1) is 0 Å². The molecule has 0 atom stereocenters. The van der Waals surface area contributed by atoms with Crippen LogP contribution in [0, 0.1) is 0 Å². The second-order valence-corrected chi connectivity index (χ2v) is 5.81. The zero-order chi connectivity index (χ0) is 14.2. The average Bonchev–Trinajstić information content (AvgIpc) is 2.72. The van der Waals surface area contributed by atoms with Crippen molar-refractivity contribution in [3.05, 3.63) is 16.1 Å². The highest BCUT2D eigenvalue weighted by atomic mass is 79.9. The smallest absolute Gasteiger partial charge is 0.304 e. The van der Waals surface area contributed by atoms with Crippen LogP contribution in [0.25, 0.3) is 0 Å². The van der Waals surface area contributed by atoms with Crippen LogP contribution in [-0.4, -0.2) is 25.0 Å². The lowest BCUT2D eigenvalue weighted by Gasteiger charge is -2.27. The highest BCUT2D eigenvalue weighted by Gasteiger charge is 2.36. The fourth-order valence-corrected chi connectivity index (χ4v) is 2.84. The van der Waals surface area contributed by atoms with Crippen LogP contribution in [0.5, 0.6) is 17.2 Å². The minimum atomic E-state index is -0.875. The van der Waals surface area contributed by atoms with Crippen LogP contribution in [0.4, 0.5) is 0 Å². The third-order valence-corrected chi connectivity index (χ3v) is 3.63. The van der Waals surface area contributed by atoms with Crippen LogP contribution >= 0.6 is 15.9 Å². The number of rotatable bonds is 4. The van der Waals surface area contributed by atoms with Gasteiger partial charge in [0.15, 0.2) is 11.5 Å². The molecule has 6 heteroatoms. The first-order valence-corrected chi connectivity index (χ1v) is 6.54. The van der Waals surface area contributed by atoms with Crippen molar-refractivity contribution < 1.29 is 24.1 Å². The Morgan fingerprint density at radius 2 is 2.21 bits per heavy atom. The number of carboxylic acid groups (broad SMARTS) is 1. The zero-order valence-corrected chi connectivity index (χ0v) is 12.5. The molecule has 0 radical (unpaired) electrons. The van der Waals surface area contributed by atoms with E-state index in [0.717, 1.165) is 0 Å². The van der Waals surface area contributed by atoms with Crippen molar-refractivity contribution in [2.75, 3.05) is 13.9 Å². The molecule has 0 unspecified atom stereocenters. The van der Waals surface area contributed by atoms with Crippen LogP contribution in [-0.2, 0) is 10.2 Å². The summed E-state index contributed by atoms with van der Waals surface area (Å²) in [4.78, 5) is 11.0. The van der Waals surface area contributed by atoms with E-state index in [1.165, 1.54) is 0 Å². The SMILES string of the molecule is COc1c(Br)cc2c(c1C(C)(C)CC(=O)O)OCO2. The van der Waals surface area contributed by atoms with Crippen molar-refractivity contribution in [2.24, 2.45) is 0 Å². The Balaban J connectivity index is 2.63. The Labute approximate surface area is 119 Å². The molecule has 1 N–H and O–H groups in total. The number of fused-ring (bicyclic) bond motifs is 1. The molecule has 2 rings (SSSR count). The molecule has 1 heterocycles. The van der Waals surface area contributed by atoms with Crippen LogP contribution in [0.2, 0.25) is 0 Å². The lowest BCUT2D eigenvalue weighted by molar-refractivity contribution is -0.138. The number of hydrogen-bond acceptors (Lipinski definition) is 4. The Kier molecular flexibility index (Phi) is 3.62. The largest absolute Gasteiger partial charge is 0.495 e. The molecule has 5 nitrogen and oxygen atoms in total. The molecule has 1 aliphatic heterocycles. The molecular formula is C13H15BrO5. The van der Waals surface area contributed by atoms with Crippen LogP contribution in [0.15, 0.2) is 10.5 Å². The van der Waals surface area contributed by atoms with Gasteiger partial charge in [-0.3, -0.25) is 4.79 Å². The number of aliphatic carboxylic acids is 1. The van der Waals surface area contributed by atoms with E-state index in [-0.39, 0.29) is 13.2 Å². The number of methoxy groups -OCH3 is 1. The molecule has 1 aromatic carbocycles. The molecule has 1 aromatic rings. The first kappa shape index (κ1) is 14.0. The first-order valence-electron chi connectivity index (χ1n) is 5.75. The summed E-state index contributed by atoms with van der Waals surface area (Å²) in [7, 11) is 1.54. The molecule has 0 saturated heterocycles. The third kappa shape index (κ3) is 2.49. The van der Waals surface area contributed by atoms with E-state index in [1.807, 2.05) is 13.8 Å². The van der Waals surface area contributed by atoms with Gasteiger partial charge in [-0.2, -0.15) is 0 Å². The zero-order valence-electron chi connectivity index (χ0n) is 10.9. The van der Waals surface area contributed by atoms with E-state index < -0.39 is 11.4 Å². The molecule has 0 bridgehead atoms. The van der Waals surface area contributed by atoms with Gasteiger partial charge in [-0.25, -0.2) is 0 Å². The van der Waals surface area contributed by atoms with Gasteiger partial charge in [0.2, 0.25) is 6.79 Å². The van der Waals surface area contributed by atoms with E-state index in [1.54, 1.807) is 13.2 Å². The molecule has 1 aliphatic rings. The summed E-state index contributed by atoms with van der Waals surface area (Å²) in [5.74, 6) is 0.864.